The molecule has 246 valence electrons. The second kappa shape index (κ2) is 13.2. The first-order valence-electron chi connectivity index (χ1n) is 13.6. The highest BCUT2D eigenvalue weighted by Crippen LogP contribution is 2.38. The molecule has 0 bridgehead atoms. The standard InChI is InChI=1S/C32H18N8O8S2/c33-15-19(16-34)12-27-29(37-39(31(27)41)23-4-8-25(9-5-23)49(43,44)45)21-2-1-3-22(14-21)30-28(13-20(17-35)18-36)32(42)40(38-30)24-6-10-26(11-7-24)50(46,47)48/h1-14,41-42H,(H,43,44,45)(H,46,47,48). The lowest BCUT2D eigenvalue weighted by atomic mass is 10.00. The van der Waals surface area contributed by atoms with Crippen molar-refractivity contribution in [3.8, 4) is 69.9 Å². The molecule has 0 aliphatic carbocycles. The van der Waals surface area contributed by atoms with Gasteiger partial charge in [-0.1, -0.05) is 18.2 Å². The summed E-state index contributed by atoms with van der Waals surface area (Å²) >= 11 is 0. The van der Waals surface area contributed by atoms with Crippen LogP contribution in [0, 0.1) is 45.3 Å². The second-order valence-corrected chi connectivity index (χ2v) is 12.9. The highest BCUT2D eigenvalue weighted by Gasteiger charge is 2.23. The Balaban J connectivity index is 1.72. The van der Waals surface area contributed by atoms with Gasteiger partial charge < -0.3 is 10.2 Å². The van der Waals surface area contributed by atoms with E-state index in [4.69, 9.17) is 0 Å². The molecular weight excluding hydrogens is 689 g/mol. The lowest BCUT2D eigenvalue weighted by Crippen LogP contribution is -2.00. The first-order chi connectivity index (χ1) is 23.7. The Kier molecular flexibility index (Phi) is 9.06. The first-order valence-corrected chi connectivity index (χ1v) is 16.5. The van der Waals surface area contributed by atoms with Crippen molar-refractivity contribution in [1.29, 1.82) is 21.0 Å². The van der Waals surface area contributed by atoms with E-state index in [2.05, 4.69) is 10.2 Å². The summed E-state index contributed by atoms with van der Waals surface area (Å²) in [5.74, 6) is -1.08. The van der Waals surface area contributed by atoms with Gasteiger partial charge in [-0.3, -0.25) is 9.11 Å². The maximum Gasteiger partial charge on any atom is 0.294 e. The molecule has 0 spiro atoms. The predicted molar refractivity (Wildman–Crippen MR) is 173 cm³/mol. The zero-order valence-corrected chi connectivity index (χ0v) is 26.5. The highest BCUT2D eigenvalue weighted by molar-refractivity contribution is 7.86. The van der Waals surface area contributed by atoms with Crippen LogP contribution in [0.25, 0.3) is 46.0 Å². The van der Waals surface area contributed by atoms with E-state index in [-0.39, 0.29) is 45.0 Å². The molecule has 5 rings (SSSR count). The van der Waals surface area contributed by atoms with Gasteiger partial charge in [0.2, 0.25) is 11.8 Å². The molecule has 0 radical (unpaired) electrons. The Morgan fingerprint density at radius 3 is 1.24 bits per heavy atom. The summed E-state index contributed by atoms with van der Waals surface area (Å²) < 4.78 is 66.8. The molecule has 3 aromatic carbocycles. The fraction of sp³-hybridized carbons (Fsp3) is 0. The number of rotatable bonds is 8. The summed E-state index contributed by atoms with van der Waals surface area (Å²) in [5.41, 5.74) is -0.0652. The average Bonchev–Trinajstić information content (AvgIpc) is 3.60. The first kappa shape index (κ1) is 34.3. The van der Waals surface area contributed by atoms with Gasteiger partial charge in [-0.2, -0.15) is 48.1 Å². The van der Waals surface area contributed by atoms with Gasteiger partial charge in [0, 0.05) is 11.1 Å². The summed E-state index contributed by atoms with van der Waals surface area (Å²) in [4.78, 5) is -0.842. The summed E-state index contributed by atoms with van der Waals surface area (Å²) in [6, 6.07) is 22.2. The SMILES string of the molecule is N#CC(C#N)=Cc1c(-c2cccc(-c3nn(-c4ccc(S(=O)(=O)O)cc4)c(O)c3C=C(C#N)C#N)c2)nn(-c2ccc(S(=O)(=O)O)cc2)c1O. The fourth-order valence-corrected chi connectivity index (χ4v) is 5.66. The quantitative estimate of drug-likeness (QED) is 0.130. The third-order valence-electron chi connectivity index (χ3n) is 7.02. The van der Waals surface area contributed by atoms with Crippen LogP contribution in [0.5, 0.6) is 11.8 Å². The summed E-state index contributed by atoms with van der Waals surface area (Å²) in [5, 5.41) is 69.0. The van der Waals surface area contributed by atoms with Crippen LogP contribution in [0.1, 0.15) is 11.1 Å². The van der Waals surface area contributed by atoms with E-state index in [1.807, 2.05) is 0 Å². The Hall–Kier alpha value is -7.06. The van der Waals surface area contributed by atoms with Gasteiger partial charge in [0.25, 0.3) is 20.2 Å². The lowest BCUT2D eigenvalue weighted by molar-refractivity contribution is 0.432. The molecule has 18 heteroatoms. The number of nitrogens with zero attached hydrogens (tertiary/aromatic N) is 8. The minimum Gasteiger partial charge on any atom is -0.493 e. The third kappa shape index (κ3) is 6.67. The van der Waals surface area contributed by atoms with Gasteiger partial charge in [0.1, 0.15) is 46.8 Å². The molecule has 2 aromatic heterocycles. The van der Waals surface area contributed by atoms with Crippen molar-refractivity contribution in [2.45, 2.75) is 9.79 Å². The van der Waals surface area contributed by atoms with Gasteiger partial charge in [-0.05, 0) is 66.7 Å². The number of hydrogen-bond donors (Lipinski definition) is 4. The van der Waals surface area contributed by atoms with Crippen LogP contribution in [0.4, 0.5) is 0 Å². The molecule has 16 nitrogen and oxygen atoms in total. The molecule has 0 atom stereocenters. The van der Waals surface area contributed by atoms with E-state index in [9.17, 15) is 57.2 Å². The second-order valence-electron chi connectivity index (χ2n) is 10.1. The zero-order valence-electron chi connectivity index (χ0n) is 24.9. The maximum atomic E-state index is 11.5. The molecule has 4 N–H and O–H groups in total. The van der Waals surface area contributed by atoms with Crippen molar-refractivity contribution in [1.82, 2.24) is 19.6 Å². The van der Waals surface area contributed by atoms with Crippen molar-refractivity contribution in [2.24, 2.45) is 0 Å². The van der Waals surface area contributed by atoms with Crippen LogP contribution in [0.3, 0.4) is 0 Å². The van der Waals surface area contributed by atoms with E-state index in [0.29, 0.717) is 0 Å². The zero-order chi connectivity index (χ0) is 36.4. The van der Waals surface area contributed by atoms with Crippen LogP contribution in [0.15, 0.2) is 93.7 Å². The van der Waals surface area contributed by atoms with Crippen LogP contribution < -0.4 is 0 Å². The van der Waals surface area contributed by atoms with E-state index in [1.54, 1.807) is 42.5 Å². The number of hydrogen-bond acceptors (Lipinski definition) is 12. The van der Waals surface area contributed by atoms with Gasteiger partial charge in [0.15, 0.2) is 0 Å². The number of aromatic hydroxyl groups is 2. The third-order valence-corrected chi connectivity index (χ3v) is 8.76. The molecule has 0 saturated carbocycles. The average molecular weight is 707 g/mol. The van der Waals surface area contributed by atoms with Gasteiger partial charge in [0.05, 0.1) is 32.3 Å². The molecular formula is C32H18N8O8S2. The van der Waals surface area contributed by atoms with Crippen molar-refractivity contribution in [3.63, 3.8) is 0 Å². The van der Waals surface area contributed by atoms with Crippen LogP contribution >= 0.6 is 0 Å². The molecule has 2 heterocycles. The highest BCUT2D eigenvalue weighted by atomic mass is 32.2. The van der Waals surface area contributed by atoms with Gasteiger partial charge in [-0.15, -0.1) is 0 Å². The van der Waals surface area contributed by atoms with Gasteiger partial charge >= 0.3 is 0 Å². The van der Waals surface area contributed by atoms with Crippen LogP contribution in [0.2, 0.25) is 0 Å². The van der Waals surface area contributed by atoms with E-state index in [0.717, 1.165) is 45.8 Å². The van der Waals surface area contributed by atoms with Gasteiger partial charge in [-0.25, -0.2) is 9.36 Å². The summed E-state index contributed by atoms with van der Waals surface area (Å²) in [6.07, 6.45) is 2.18. The molecule has 5 aromatic rings. The lowest BCUT2D eigenvalue weighted by Gasteiger charge is -2.05. The topological polar surface area (TPSA) is 280 Å². The minimum absolute atomic E-state index is 0.0301. The number of nitriles is 4. The maximum absolute atomic E-state index is 11.5. The van der Waals surface area contributed by atoms with E-state index >= 15 is 0 Å². The van der Waals surface area contributed by atoms with Crippen molar-refractivity contribution >= 4 is 32.4 Å². The van der Waals surface area contributed by atoms with E-state index in [1.165, 1.54) is 30.3 Å². The molecule has 0 amide bonds. The Bertz CT molecular complexity index is 2430. The molecule has 0 saturated heterocycles. The Morgan fingerprint density at radius 1 is 0.600 bits per heavy atom. The minimum atomic E-state index is -4.53. The normalized spacial score (nSPS) is 11.0. The number of aromatic nitrogens is 4. The number of benzene rings is 3. The Morgan fingerprint density at radius 2 is 0.940 bits per heavy atom. The smallest absolute Gasteiger partial charge is 0.294 e. The monoisotopic (exact) mass is 706 g/mol. The summed E-state index contributed by atoms with van der Waals surface area (Å²) in [7, 11) is -9.05. The molecule has 0 fully saturated rings. The fourth-order valence-electron chi connectivity index (χ4n) is 4.69. The van der Waals surface area contributed by atoms with Crippen molar-refractivity contribution < 1.29 is 36.2 Å². The molecule has 0 aliphatic heterocycles. The molecule has 0 unspecified atom stereocenters. The predicted octanol–water partition coefficient (Wildman–Crippen LogP) is 4.16. The van der Waals surface area contributed by atoms with E-state index < -0.39 is 52.9 Å². The summed E-state index contributed by atoms with van der Waals surface area (Å²) in [6.45, 7) is 0. The molecule has 50 heavy (non-hydrogen) atoms. The van der Waals surface area contributed by atoms with Crippen LogP contribution in [-0.2, 0) is 20.2 Å². The van der Waals surface area contributed by atoms with Crippen molar-refractivity contribution in [3.05, 3.63) is 95.1 Å². The largest absolute Gasteiger partial charge is 0.493 e. The van der Waals surface area contributed by atoms with Crippen LogP contribution in [-0.4, -0.2) is 55.7 Å². The Labute approximate surface area is 283 Å². The molecule has 0 aliphatic rings. The van der Waals surface area contributed by atoms with Crippen molar-refractivity contribution in [2.75, 3.05) is 0 Å². The number of allylic oxidation sites excluding steroid dienone is 2.